The van der Waals surface area contributed by atoms with E-state index in [1.54, 1.807) is 24.5 Å². The van der Waals surface area contributed by atoms with Gasteiger partial charge in [0.15, 0.2) is 5.17 Å². The fraction of sp³-hybridized carbons (Fsp3) is 0. The van der Waals surface area contributed by atoms with Crippen LogP contribution < -0.4 is 0 Å². The lowest BCUT2D eigenvalue weighted by Crippen LogP contribution is -1.89. The van der Waals surface area contributed by atoms with Crippen molar-refractivity contribution in [3.8, 4) is 0 Å². The van der Waals surface area contributed by atoms with Crippen LogP contribution in [-0.2, 0) is 0 Å². The second kappa shape index (κ2) is 4.93. The number of rotatable bonds is 1. The molecule has 5 heteroatoms. The van der Waals surface area contributed by atoms with Gasteiger partial charge in [0.1, 0.15) is 0 Å². The fourth-order valence-corrected chi connectivity index (χ4v) is 0.673. The Morgan fingerprint density at radius 2 is 2.00 bits per heavy atom. The van der Waals surface area contributed by atoms with Gasteiger partial charge in [0.05, 0.1) is 0 Å². The number of nitrogens with zero attached hydrogens (tertiary/aromatic N) is 2. The van der Waals surface area contributed by atoms with Crippen molar-refractivity contribution >= 4 is 29.2 Å². The van der Waals surface area contributed by atoms with Crippen LogP contribution in [0.5, 0.6) is 0 Å². The molecule has 1 rings (SSSR count). The lowest BCUT2D eigenvalue weighted by molar-refractivity contribution is 0.321. The Labute approximate surface area is 75.1 Å². The molecule has 0 aliphatic rings. The van der Waals surface area contributed by atoms with Gasteiger partial charge in [0, 0.05) is 18.0 Å². The molecule has 0 radical (unpaired) electrons. The lowest BCUT2D eigenvalue weighted by atomic mass is 10.3. The summed E-state index contributed by atoms with van der Waals surface area (Å²) in [5.74, 6) is 0. The van der Waals surface area contributed by atoms with E-state index in [0.717, 1.165) is 0 Å². The summed E-state index contributed by atoms with van der Waals surface area (Å²) in [5.41, 5.74) is 0.652. The van der Waals surface area contributed by atoms with E-state index in [1.165, 1.54) is 0 Å². The van der Waals surface area contributed by atoms with Gasteiger partial charge in [0.2, 0.25) is 0 Å². The molecule has 0 unspecified atom stereocenters. The SMILES string of the molecule is Cl.O/N=C(/Cl)c1ccncc1. The van der Waals surface area contributed by atoms with Crippen molar-refractivity contribution < 1.29 is 5.21 Å². The number of hydrogen-bond donors (Lipinski definition) is 1. The first-order valence-corrected chi connectivity index (χ1v) is 3.00. The first kappa shape index (κ1) is 10.2. The third-order valence-electron chi connectivity index (χ3n) is 1.01. The van der Waals surface area contributed by atoms with Crippen molar-refractivity contribution in [1.82, 2.24) is 4.98 Å². The molecule has 1 heterocycles. The average Bonchev–Trinajstić information content (AvgIpc) is 2.05. The first-order chi connectivity index (χ1) is 4.84. The zero-order valence-electron chi connectivity index (χ0n) is 5.44. The van der Waals surface area contributed by atoms with Crippen molar-refractivity contribution in [3.63, 3.8) is 0 Å². The van der Waals surface area contributed by atoms with E-state index in [0.29, 0.717) is 5.56 Å². The van der Waals surface area contributed by atoms with Gasteiger partial charge in [-0.3, -0.25) is 4.98 Å². The summed E-state index contributed by atoms with van der Waals surface area (Å²) in [5, 5.41) is 11.1. The third kappa shape index (κ3) is 2.74. The van der Waals surface area contributed by atoms with Crippen LogP contribution in [0.25, 0.3) is 0 Å². The molecule has 0 saturated heterocycles. The number of halogens is 2. The Bertz CT molecular complexity index is 238. The van der Waals surface area contributed by atoms with Crippen LogP contribution in [0, 0.1) is 0 Å². The molecule has 0 aromatic carbocycles. The van der Waals surface area contributed by atoms with Crippen molar-refractivity contribution in [3.05, 3.63) is 30.1 Å². The molecule has 0 saturated carbocycles. The Kier molecular flexibility index (Phi) is 4.57. The molecule has 1 aromatic heterocycles. The van der Waals surface area contributed by atoms with Gasteiger partial charge < -0.3 is 5.21 Å². The molecule has 1 N–H and O–H groups in total. The maximum absolute atomic E-state index is 8.22. The highest BCUT2D eigenvalue weighted by atomic mass is 35.5. The van der Waals surface area contributed by atoms with Gasteiger partial charge in [-0.15, -0.1) is 12.4 Å². The molecular formula is C6H6Cl2N2O. The molecule has 0 atom stereocenters. The van der Waals surface area contributed by atoms with Crippen LogP contribution in [0.1, 0.15) is 5.56 Å². The molecule has 11 heavy (non-hydrogen) atoms. The normalized spacial score (nSPS) is 10.5. The summed E-state index contributed by atoms with van der Waals surface area (Å²) in [6, 6.07) is 3.31. The lowest BCUT2D eigenvalue weighted by Gasteiger charge is -1.91. The molecule has 1 aromatic rings. The predicted molar refractivity (Wildman–Crippen MR) is 45.7 cm³/mol. The van der Waals surface area contributed by atoms with E-state index in [9.17, 15) is 0 Å². The van der Waals surface area contributed by atoms with Gasteiger partial charge in [0.25, 0.3) is 0 Å². The fourth-order valence-electron chi connectivity index (χ4n) is 0.547. The second-order valence-corrected chi connectivity index (χ2v) is 1.98. The quantitative estimate of drug-likeness (QED) is 0.420. The highest BCUT2D eigenvalue weighted by molar-refractivity contribution is 6.69. The zero-order chi connectivity index (χ0) is 7.40. The Balaban J connectivity index is 0.000001000. The van der Waals surface area contributed by atoms with Crippen LogP contribution in [0.3, 0.4) is 0 Å². The van der Waals surface area contributed by atoms with Gasteiger partial charge in [-0.05, 0) is 12.1 Å². The van der Waals surface area contributed by atoms with E-state index < -0.39 is 0 Å². The minimum absolute atomic E-state index is 0. The average molecular weight is 193 g/mol. The molecule has 0 spiro atoms. The number of pyridine rings is 1. The smallest absolute Gasteiger partial charge is 0.175 e. The molecule has 0 fully saturated rings. The minimum Gasteiger partial charge on any atom is -0.410 e. The molecule has 60 valence electrons. The van der Waals surface area contributed by atoms with Crippen LogP contribution in [-0.4, -0.2) is 15.4 Å². The molecule has 3 nitrogen and oxygen atoms in total. The van der Waals surface area contributed by atoms with Gasteiger partial charge in [-0.1, -0.05) is 16.8 Å². The molecular weight excluding hydrogens is 187 g/mol. The zero-order valence-corrected chi connectivity index (χ0v) is 7.01. The van der Waals surface area contributed by atoms with Crippen LogP contribution in [0.4, 0.5) is 0 Å². The summed E-state index contributed by atoms with van der Waals surface area (Å²) in [6.07, 6.45) is 3.14. The summed E-state index contributed by atoms with van der Waals surface area (Å²) >= 11 is 5.46. The standard InChI is InChI=1S/C6H5ClN2O.ClH/c7-6(9-10)5-1-3-8-4-2-5;/h1-4,10H;1H/b9-6+;. The summed E-state index contributed by atoms with van der Waals surface area (Å²) in [6.45, 7) is 0. The minimum atomic E-state index is 0. The summed E-state index contributed by atoms with van der Waals surface area (Å²) in [7, 11) is 0. The number of hydrogen-bond acceptors (Lipinski definition) is 3. The van der Waals surface area contributed by atoms with Crippen LogP contribution in [0.2, 0.25) is 0 Å². The second-order valence-electron chi connectivity index (χ2n) is 1.63. The highest BCUT2D eigenvalue weighted by Crippen LogP contribution is 2.01. The maximum Gasteiger partial charge on any atom is 0.175 e. The summed E-state index contributed by atoms with van der Waals surface area (Å²) < 4.78 is 0. The van der Waals surface area contributed by atoms with Crippen molar-refractivity contribution in [1.29, 1.82) is 0 Å². The molecule has 0 aliphatic carbocycles. The highest BCUT2D eigenvalue weighted by Gasteiger charge is 1.96. The van der Waals surface area contributed by atoms with E-state index in [2.05, 4.69) is 10.1 Å². The number of aromatic nitrogens is 1. The summed E-state index contributed by atoms with van der Waals surface area (Å²) in [4.78, 5) is 3.77. The molecule has 0 aliphatic heterocycles. The van der Waals surface area contributed by atoms with Crippen molar-refractivity contribution in [2.24, 2.45) is 5.16 Å². The van der Waals surface area contributed by atoms with Gasteiger partial charge >= 0.3 is 0 Å². The number of oxime groups is 1. The monoisotopic (exact) mass is 192 g/mol. The largest absolute Gasteiger partial charge is 0.410 e. The van der Waals surface area contributed by atoms with Gasteiger partial charge in [-0.2, -0.15) is 0 Å². The van der Waals surface area contributed by atoms with Crippen molar-refractivity contribution in [2.45, 2.75) is 0 Å². The Hall–Kier alpha value is -0.800. The molecule has 0 bridgehead atoms. The van der Waals surface area contributed by atoms with Crippen LogP contribution in [0.15, 0.2) is 29.7 Å². The predicted octanol–water partition coefficient (Wildman–Crippen LogP) is 1.88. The first-order valence-electron chi connectivity index (χ1n) is 2.62. The van der Waals surface area contributed by atoms with Gasteiger partial charge in [-0.25, -0.2) is 0 Å². The van der Waals surface area contributed by atoms with E-state index in [4.69, 9.17) is 16.8 Å². The van der Waals surface area contributed by atoms with Crippen LogP contribution >= 0.6 is 24.0 Å². The van der Waals surface area contributed by atoms with E-state index >= 15 is 0 Å². The topological polar surface area (TPSA) is 45.5 Å². The van der Waals surface area contributed by atoms with E-state index in [-0.39, 0.29) is 17.6 Å². The van der Waals surface area contributed by atoms with Crippen molar-refractivity contribution in [2.75, 3.05) is 0 Å². The third-order valence-corrected chi connectivity index (χ3v) is 1.30. The molecule has 0 amide bonds. The van der Waals surface area contributed by atoms with E-state index in [1.807, 2.05) is 0 Å². The maximum atomic E-state index is 8.22. The Morgan fingerprint density at radius 1 is 1.45 bits per heavy atom. The Morgan fingerprint density at radius 3 is 2.45 bits per heavy atom.